The largest absolute Gasteiger partial charge is 0.444 e. The van der Waals surface area contributed by atoms with E-state index < -0.39 is 0 Å². The molecule has 2 aromatic rings. The molecule has 1 fully saturated rings. The maximum Gasteiger partial charge on any atom is 0.226 e. The van der Waals surface area contributed by atoms with E-state index in [1.165, 1.54) is 38.0 Å². The monoisotopic (exact) mass is 369 g/mol. The predicted molar refractivity (Wildman–Crippen MR) is 110 cm³/mol. The molecule has 1 unspecified atom stereocenters. The SMILES string of the molecule is CCCN1CCC(CNC(=NC)NCc2coc(-c3ccc(C)cc3)n2)C1. The minimum absolute atomic E-state index is 0.585. The summed E-state index contributed by atoms with van der Waals surface area (Å²) >= 11 is 0. The second-order valence-corrected chi connectivity index (χ2v) is 7.27. The van der Waals surface area contributed by atoms with Gasteiger partial charge in [-0.15, -0.1) is 0 Å². The van der Waals surface area contributed by atoms with Crippen molar-refractivity contribution >= 4 is 5.96 Å². The van der Waals surface area contributed by atoms with E-state index in [0.29, 0.717) is 18.4 Å². The summed E-state index contributed by atoms with van der Waals surface area (Å²) in [5, 5.41) is 6.77. The molecule has 0 aliphatic carbocycles. The minimum atomic E-state index is 0.585. The van der Waals surface area contributed by atoms with Crippen LogP contribution in [0.2, 0.25) is 0 Å². The van der Waals surface area contributed by atoms with Gasteiger partial charge in [-0.3, -0.25) is 4.99 Å². The molecule has 1 aromatic carbocycles. The Kier molecular flexibility index (Phi) is 6.87. The van der Waals surface area contributed by atoms with Crippen LogP contribution in [-0.2, 0) is 6.54 Å². The molecule has 1 aromatic heterocycles. The first-order valence-electron chi connectivity index (χ1n) is 9.86. The zero-order valence-corrected chi connectivity index (χ0v) is 16.7. The summed E-state index contributed by atoms with van der Waals surface area (Å²) < 4.78 is 5.62. The number of hydrogen-bond donors (Lipinski definition) is 2. The molecule has 0 bridgehead atoms. The van der Waals surface area contributed by atoms with Gasteiger partial charge in [-0.05, 0) is 50.9 Å². The number of aryl methyl sites for hydroxylation is 1. The van der Waals surface area contributed by atoms with E-state index in [-0.39, 0.29) is 0 Å². The first kappa shape index (κ1) is 19.4. The van der Waals surface area contributed by atoms with Crippen LogP contribution in [0, 0.1) is 12.8 Å². The summed E-state index contributed by atoms with van der Waals surface area (Å²) in [5.41, 5.74) is 3.08. The molecule has 1 atom stereocenters. The summed E-state index contributed by atoms with van der Waals surface area (Å²) in [6, 6.07) is 8.19. The molecular formula is C21H31N5O. The Balaban J connectivity index is 1.45. The molecule has 2 N–H and O–H groups in total. The maximum absolute atomic E-state index is 5.62. The van der Waals surface area contributed by atoms with Crippen molar-refractivity contribution in [3.05, 3.63) is 41.8 Å². The second-order valence-electron chi connectivity index (χ2n) is 7.27. The number of guanidine groups is 1. The fourth-order valence-corrected chi connectivity index (χ4v) is 3.45. The van der Waals surface area contributed by atoms with Crippen LogP contribution in [0.3, 0.4) is 0 Å². The Bertz CT molecular complexity index is 737. The van der Waals surface area contributed by atoms with E-state index in [0.717, 1.165) is 23.8 Å². The highest BCUT2D eigenvalue weighted by molar-refractivity contribution is 5.79. The van der Waals surface area contributed by atoms with Gasteiger partial charge in [0.1, 0.15) is 6.26 Å². The van der Waals surface area contributed by atoms with E-state index in [9.17, 15) is 0 Å². The lowest BCUT2D eigenvalue weighted by Crippen LogP contribution is -2.40. The molecule has 1 aliphatic rings. The number of aromatic nitrogens is 1. The van der Waals surface area contributed by atoms with Crippen molar-refractivity contribution in [2.45, 2.75) is 33.2 Å². The summed E-state index contributed by atoms with van der Waals surface area (Å²) in [7, 11) is 1.80. The molecule has 6 nitrogen and oxygen atoms in total. The van der Waals surface area contributed by atoms with Crippen molar-refractivity contribution < 1.29 is 4.42 Å². The first-order chi connectivity index (χ1) is 13.2. The Morgan fingerprint density at radius 2 is 2.11 bits per heavy atom. The van der Waals surface area contributed by atoms with Crippen molar-refractivity contribution in [2.24, 2.45) is 10.9 Å². The smallest absolute Gasteiger partial charge is 0.226 e. The average molecular weight is 370 g/mol. The molecule has 1 saturated heterocycles. The Hall–Kier alpha value is -2.34. The van der Waals surface area contributed by atoms with Crippen LogP contribution in [0.1, 0.15) is 31.0 Å². The van der Waals surface area contributed by atoms with Gasteiger partial charge >= 0.3 is 0 Å². The highest BCUT2D eigenvalue weighted by Crippen LogP contribution is 2.19. The van der Waals surface area contributed by atoms with Gasteiger partial charge in [0.15, 0.2) is 5.96 Å². The minimum Gasteiger partial charge on any atom is -0.444 e. The van der Waals surface area contributed by atoms with E-state index >= 15 is 0 Å². The van der Waals surface area contributed by atoms with Crippen LogP contribution in [-0.4, -0.2) is 49.1 Å². The lowest BCUT2D eigenvalue weighted by atomic mass is 10.1. The van der Waals surface area contributed by atoms with Crippen molar-refractivity contribution in [2.75, 3.05) is 33.2 Å². The molecule has 0 radical (unpaired) electrons. The molecule has 2 heterocycles. The molecule has 27 heavy (non-hydrogen) atoms. The van der Waals surface area contributed by atoms with Gasteiger partial charge in [-0.1, -0.05) is 24.6 Å². The summed E-state index contributed by atoms with van der Waals surface area (Å²) in [6.45, 7) is 9.45. The van der Waals surface area contributed by atoms with Crippen LogP contribution in [0.15, 0.2) is 39.9 Å². The molecule has 3 rings (SSSR count). The molecule has 0 saturated carbocycles. The number of oxazole rings is 1. The van der Waals surface area contributed by atoms with E-state index in [1.54, 1.807) is 13.3 Å². The Morgan fingerprint density at radius 1 is 1.30 bits per heavy atom. The number of likely N-dealkylation sites (tertiary alicyclic amines) is 1. The highest BCUT2D eigenvalue weighted by atomic mass is 16.3. The summed E-state index contributed by atoms with van der Waals surface area (Å²) in [4.78, 5) is 11.4. The quantitative estimate of drug-likeness (QED) is 0.580. The number of aliphatic imine (C=N–C) groups is 1. The number of benzene rings is 1. The molecule has 0 spiro atoms. The number of nitrogens with one attached hydrogen (secondary N) is 2. The Morgan fingerprint density at radius 3 is 2.85 bits per heavy atom. The van der Waals surface area contributed by atoms with E-state index in [4.69, 9.17) is 4.42 Å². The zero-order chi connectivity index (χ0) is 19.1. The van der Waals surface area contributed by atoms with Crippen molar-refractivity contribution in [3.63, 3.8) is 0 Å². The normalized spacial score (nSPS) is 18.0. The second kappa shape index (κ2) is 9.55. The Labute approximate surface area is 162 Å². The average Bonchev–Trinajstić information content (AvgIpc) is 3.32. The van der Waals surface area contributed by atoms with Crippen LogP contribution < -0.4 is 10.6 Å². The van der Waals surface area contributed by atoms with Gasteiger partial charge in [-0.25, -0.2) is 4.98 Å². The van der Waals surface area contributed by atoms with E-state index in [2.05, 4.69) is 51.5 Å². The number of rotatable bonds is 7. The van der Waals surface area contributed by atoms with Gasteiger partial charge in [0.2, 0.25) is 5.89 Å². The van der Waals surface area contributed by atoms with Crippen molar-refractivity contribution in [1.29, 1.82) is 0 Å². The van der Waals surface area contributed by atoms with Crippen LogP contribution in [0.25, 0.3) is 11.5 Å². The molecule has 146 valence electrons. The predicted octanol–water partition coefficient (Wildman–Crippen LogP) is 3.05. The van der Waals surface area contributed by atoms with Gasteiger partial charge in [-0.2, -0.15) is 0 Å². The standard InChI is InChI=1S/C21H31N5O/c1-4-10-26-11-9-17(14-26)12-23-21(22-3)24-13-19-15-27-20(25-19)18-7-5-16(2)6-8-18/h5-8,15,17H,4,9-14H2,1-3H3,(H2,22,23,24). The number of nitrogens with zero attached hydrogens (tertiary/aromatic N) is 3. The lowest BCUT2D eigenvalue weighted by Gasteiger charge is -2.16. The lowest BCUT2D eigenvalue weighted by molar-refractivity contribution is 0.324. The third kappa shape index (κ3) is 5.57. The van der Waals surface area contributed by atoms with Gasteiger partial charge < -0.3 is 20.0 Å². The van der Waals surface area contributed by atoms with Crippen molar-refractivity contribution in [1.82, 2.24) is 20.5 Å². The van der Waals surface area contributed by atoms with E-state index in [1.807, 2.05) is 12.1 Å². The van der Waals surface area contributed by atoms with Crippen molar-refractivity contribution in [3.8, 4) is 11.5 Å². The van der Waals surface area contributed by atoms with Gasteiger partial charge in [0.05, 0.1) is 12.2 Å². The first-order valence-corrected chi connectivity index (χ1v) is 9.86. The van der Waals surface area contributed by atoms with Crippen LogP contribution in [0.5, 0.6) is 0 Å². The maximum atomic E-state index is 5.62. The fourth-order valence-electron chi connectivity index (χ4n) is 3.45. The van der Waals surface area contributed by atoms with Crippen LogP contribution >= 0.6 is 0 Å². The molecule has 1 aliphatic heterocycles. The highest BCUT2D eigenvalue weighted by Gasteiger charge is 2.21. The molecule has 6 heteroatoms. The fraction of sp³-hybridized carbons (Fsp3) is 0.524. The summed E-state index contributed by atoms with van der Waals surface area (Å²) in [6.07, 6.45) is 4.19. The molecular weight excluding hydrogens is 338 g/mol. The third-order valence-electron chi connectivity index (χ3n) is 4.98. The summed E-state index contributed by atoms with van der Waals surface area (Å²) in [5.74, 6) is 2.15. The topological polar surface area (TPSA) is 65.7 Å². The third-order valence-corrected chi connectivity index (χ3v) is 4.98. The van der Waals surface area contributed by atoms with Gasteiger partial charge in [0, 0.05) is 25.7 Å². The van der Waals surface area contributed by atoms with Gasteiger partial charge in [0.25, 0.3) is 0 Å². The number of hydrogen-bond acceptors (Lipinski definition) is 4. The molecule has 0 amide bonds. The van der Waals surface area contributed by atoms with Crippen LogP contribution in [0.4, 0.5) is 0 Å². The zero-order valence-electron chi connectivity index (χ0n) is 16.7.